The third kappa shape index (κ3) is 3.68. The average Bonchev–Trinajstić information content (AvgIpc) is 2.15. The van der Waals surface area contributed by atoms with Crippen LogP contribution in [0.3, 0.4) is 0 Å². The molecule has 0 aliphatic rings. The van der Waals surface area contributed by atoms with Gasteiger partial charge in [0.25, 0.3) is 0 Å². The van der Waals surface area contributed by atoms with E-state index >= 15 is 0 Å². The largest absolute Gasteiger partial charge is 0.388 e. The molecule has 1 unspecified atom stereocenters. The van der Waals surface area contributed by atoms with Crippen LogP contribution in [-0.2, 0) is 0 Å². The number of anilines is 1. The molecule has 0 saturated heterocycles. The fraction of sp³-hybridized carbons (Fsp3) is 0.455. The smallest absolute Gasteiger partial charge is 0.0788 e. The maximum absolute atomic E-state index is 9.78. The molecule has 0 radical (unpaired) electrons. The first-order chi connectivity index (χ1) is 6.53. The molecule has 1 aromatic rings. The lowest BCUT2D eigenvalue weighted by atomic mass is 10.0. The van der Waals surface area contributed by atoms with Crippen molar-refractivity contribution in [2.24, 2.45) is 0 Å². The average molecular weight is 258 g/mol. The third-order valence-electron chi connectivity index (χ3n) is 2.26. The van der Waals surface area contributed by atoms with E-state index in [4.69, 9.17) is 0 Å². The second kappa shape index (κ2) is 4.80. The summed E-state index contributed by atoms with van der Waals surface area (Å²) < 4.78 is 1.04. The van der Waals surface area contributed by atoms with Gasteiger partial charge in [-0.2, -0.15) is 0 Å². The summed E-state index contributed by atoms with van der Waals surface area (Å²) in [7, 11) is 0. The zero-order valence-corrected chi connectivity index (χ0v) is 10.1. The molecule has 0 spiro atoms. The van der Waals surface area contributed by atoms with Crippen molar-refractivity contribution in [1.29, 1.82) is 0 Å². The molecule has 3 heteroatoms. The molecule has 1 rings (SSSR count). The lowest BCUT2D eigenvalue weighted by Crippen LogP contribution is -2.32. The minimum Gasteiger partial charge on any atom is -0.388 e. The molecule has 0 aliphatic heterocycles. The highest BCUT2D eigenvalue weighted by Crippen LogP contribution is 2.17. The Kier molecular flexibility index (Phi) is 3.96. The first-order valence-corrected chi connectivity index (χ1v) is 5.54. The molecule has 2 N–H and O–H groups in total. The normalized spacial score (nSPS) is 14.9. The molecule has 14 heavy (non-hydrogen) atoms. The van der Waals surface area contributed by atoms with Gasteiger partial charge in [-0.1, -0.05) is 28.9 Å². The Morgan fingerprint density at radius 3 is 2.79 bits per heavy atom. The van der Waals surface area contributed by atoms with Crippen LogP contribution in [0.4, 0.5) is 5.69 Å². The molecular formula is C11H16BrNO. The zero-order chi connectivity index (χ0) is 10.6. The summed E-state index contributed by atoms with van der Waals surface area (Å²) in [5, 5.41) is 13.0. The molecule has 0 bridgehead atoms. The van der Waals surface area contributed by atoms with Gasteiger partial charge in [0, 0.05) is 16.7 Å². The minimum absolute atomic E-state index is 0.569. The number of aliphatic hydroxyl groups is 1. The summed E-state index contributed by atoms with van der Waals surface area (Å²) in [6, 6.07) is 7.92. The van der Waals surface area contributed by atoms with E-state index in [0.29, 0.717) is 6.54 Å². The van der Waals surface area contributed by atoms with Gasteiger partial charge in [0.1, 0.15) is 0 Å². The van der Waals surface area contributed by atoms with Crippen LogP contribution in [0.25, 0.3) is 0 Å². The fourth-order valence-corrected chi connectivity index (χ4v) is 1.42. The van der Waals surface area contributed by atoms with Gasteiger partial charge in [-0.25, -0.2) is 0 Å². The van der Waals surface area contributed by atoms with E-state index in [0.717, 1.165) is 16.6 Å². The number of nitrogens with one attached hydrogen (secondary N) is 1. The molecule has 0 aromatic heterocycles. The first-order valence-electron chi connectivity index (χ1n) is 4.75. The van der Waals surface area contributed by atoms with Crippen molar-refractivity contribution in [2.75, 3.05) is 11.9 Å². The predicted octanol–water partition coefficient (Wildman–Crippen LogP) is 3.02. The molecule has 0 heterocycles. The van der Waals surface area contributed by atoms with Gasteiger partial charge in [-0.3, -0.25) is 0 Å². The van der Waals surface area contributed by atoms with E-state index in [1.165, 1.54) is 0 Å². The summed E-state index contributed by atoms with van der Waals surface area (Å²) in [6.07, 6.45) is 0.744. The second-order valence-electron chi connectivity index (χ2n) is 3.71. The van der Waals surface area contributed by atoms with E-state index < -0.39 is 5.60 Å². The summed E-state index contributed by atoms with van der Waals surface area (Å²) in [4.78, 5) is 0. The van der Waals surface area contributed by atoms with Crippen molar-refractivity contribution in [3.8, 4) is 0 Å². The molecule has 1 aromatic carbocycles. The molecule has 78 valence electrons. The van der Waals surface area contributed by atoms with E-state index in [1.54, 1.807) is 0 Å². The highest BCUT2D eigenvalue weighted by atomic mass is 79.9. The summed E-state index contributed by atoms with van der Waals surface area (Å²) in [5.41, 5.74) is 0.385. The van der Waals surface area contributed by atoms with Crippen LogP contribution in [0.15, 0.2) is 28.7 Å². The van der Waals surface area contributed by atoms with E-state index in [9.17, 15) is 5.11 Å². The Morgan fingerprint density at radius 1 is 1.50 bits per heavy atom. The number of benzene rings is 1. The lowest BCUT2D eigenvalue weighted by Gasteiger charge is -2.22. The van der Waals surface area contributed by atoms with E-state index in [1.807, 2.05) is 38.1 Å². The molecule has 0 saturated carbocycles. The maximum atomic E-state index is 9.78. The quantitative estimate of drug-likeness (QED) is 0.870. The number of halogens is 1. The van der Waals surface area contributed by atoms with E-state index in [-0.39, 0.29) is 0 Å². The third-order valence-corrected chi connectivity index (χ3v) is 2.75. The SMILES string of the molecule is CCC(C)(O)CNc1cccc(Br)c1. The van der Waals surface area contributed by atoms with Crippen molar-refractivity contribution in [1.82, 2.24) is 0 Å². The van der Waals surface area contributed by atoms with Crippen LogP contribution >= 0.6 is 15.9 Å². The molecule has 2 nitrogen and oxygen atoms in total. The second-order valence-corrected chi connectivity index (χ2v) is 4.63. The van der Waals surface area contributed by atoms with Gasteiger partial charge in [0.05, 0.1) is 5.60 Å². The minimum atomic E-state index is -0.637. The van der Waals surface area contributed by atoms with Crippen LogP contribution in [0.1, 0.15) is 20.3 Å². The zero-order valence-electron chi connectivity index (χ0n) is 8.55. The van der Waals surface area contributed by atoms with Gasteiger partial charge in [-0.05, 0) is 31.5 Å². The first kappa shape index (κ1) is 11.5. The van der Waals surface area contributed by atoms with Gasteiger partial charge in [0.15, 0.2) is 0 Å². The molecule has 0 amide bonds. The van der Waals surface area contributed by atoms with Gasteiger partial charge >= 0.3 is 0 Å². The van der Waals surface area contributed by atoms with E-state index in [2.05, 4.69) is 21.2 Å². The molecule has 0 fully saturated rings. The van der Waals surface area contributed by atoms with Crippen molar-refractivity contribution in [2.45, 2.75) is 25.9 Å². The summed E-state index contributed by atoms with van der Waals surface area (Å²) >= 11 is 3.40. The number of rotatable bonds is 4. The predicted molar refractivity (Wildman–Crippen MR) is 63.5 cm³/mol. The van der Waals surface area contributed by atoms with Crippen molar-refractivity contribution >= 4 is 21.6 Å². The van der Waals surface area contributed by atoms with Gasteiger partial charge in [0.2, 0.25) is 0 Å². The number of hydrogen-bond acceptors (Lipinski definition) is 2. The highest BCUT2D eigenvalue weighted by molar-refractivity contribution is 9.10. The molecule has 0 aliphatic carbocycles. The van der Waals surface area contributed by atoms with Crippen LogP contribution in [0.5, 0.6) is 0 Å². The molecular weight excluding hydrogens is 242 g/mol. The fourth-order valence-electron chi connectivity index (χ4n) is 1.02. The summed E-state index contributed by atoms with van der Waals surface area (Å²) in [6.45, 7) is 4.38. The van der Waals surface area contributed by atoms with Crippen molar-refractivity contribution in [3.05, 3.63) is 28.7 Å². The Hall–Kier alpha value is -0.540. The van der Waals surface area contributed by atoms with Crippen LogP contribution in [-0.4, -0.2) is 17.3 Å². The molecule has 1 atom stereocenters. The standard InChI is InChI=1S/C11H16BrNO/c1-3-11(2,14)8-13-10-6-4-5-9(12)7-10/h4-7,13-14H,3,8H2,1-2H3. The monoisotopic (exact) mass is 257 g/mol. The van der Waals surface area contributed by atoms with Crippen LogP contribution in [0, 0.1) is 0 Å². The Balaban J connectivity index is 2.54. The highest BCUT2D eigenvalue weighted by Gasteiger charge is 2.16. The van der Waals surface area contributed by atoms with Crippen LogP contribution < -0.4 is 5.32 Å². The Labute approximate surface area is 93.5 Å². The number of hydrogen-bond donors (Lipinski definition) is 2. The topological polar surface area (TPSA) is 32.3 Å². The van der Waals surface area contributed by atoms with Crippen molar-refractivity contribution < 1.29 is 5.11 Å². The lowest BCUT2D eigenvalue weighted by molar-refractivity contribution is 0.0697. The van der Waals surface area contributed by atoms with Gasteiger partial charge < -0.3 is 10.4 Å². The van der Waals surface area contributed by atoms with Gasteiger partial charge in [-0.15, -0.1) is 0 Å². The summed E-state index contributed by atoms with van der Waals surface area (Å²) in [5.74, 6) is 0. The Morgan fingerprint density at radius 2 is 2.21 bits per heavy atom. The maximum Gasteiger partial charge on any atom is 0.0788 e. The van der Waals surface area contributed by atoms with Crippen molar-refractivity contribution in [3.63, 3.8) is 0 Å². The Bertz CT molecular complexity index is 299. The van der Waals surface area contributed by atoms with Crippen LogP contribution in [0.2, 0.25) is 0 Å².